The second kappa shape index (κ2) is 7.16. The summed E-state index contributed by atoms with van der Waals surface area (Å²) in [6.07, 6.45) is 5.03. The van der Waals surface area contributed by atoms with E-state index in [2.05, 4.69) is 5.10 Å². The van der Waals surface area contributed by atoms with E-state index in [4.69, 9.17) is 4.74 Å². The lowest BCUT2D eigenvalue weighted by molar-refractivity contribution is -0.123. The van der Waals surface area contributed by atoms with E-state index < -0.39 is 41.6 Å². The number of rotatable bonds is 4. The van der Waals surface area contributed by atoms with Crippen LogP contribution in [0.5, 0.6) is 5.75 Å². The fourth-order valence-corrected chi connectivity index (χ4v) is 4.61. The number of ether oxygens (including phenoxy) is 1. The predicted octanol–water partition coefficient (Wildman–Crippen LogP) is 2.43. The number of ketones is 1. The highest BCUT2D eigenvalue weighted by Gasteiger charge is 2.64. The molecule has 2 amide bonds. The van der Waals surface area contributed by atoms with Gasteiger partial charge in [-0.15, -0.1) is 0 Å². The SMILES string of the molecule is COc1ccc(C(=O)[C@H]2[C@H]3C(=O)N(c4ccc(F)cc4)C(=O)[C@H]3[C@@H]3C=CC=NN32)cc1. The zero-order valence-corrected chi connectivity index (χ0v) is 16.5. The monoisotopic (exact) mass is 419 g/mol. The third-order valence-electron chi connectivity index (χ3n) is 6.02. The lowest BCUT2D eigenvalue weighted by Gasteiger charge is -2.30. The van der Waals surface area contributed by atoms with Gasteiger partial charge in [0.2, 0.25) is 11.8 Å². The summed E-state index contributed by atoms with van der Waals surface area (Å²) in [5.41, 5.74) is 0.687. The van der Waals surface area contributed by atoms with Gasteiger partial charge in [-0.05, 0) is 54.6 Å². The van der Waals surface area contributed by atoms with Crippen molar-refractivity contribution in [1.82, 2.24) is 5.01 Å². The van der Waals surface area contributed by atoms with Crippen LogP contribution in [0.1, 0.15) is 10.4 Å². The molecule has 8 heteroatoms. The maximum atomic E-state index is 13.5. The van der Waals surface area contributed by atoms with Gasteiger partial charge in [0.15, 0.2) is 5.78 Å². The molecule has 2 saturated heterocycles. The molecule has 156 valence electrons. The van der Waals surface area contributed by atoms with E-state index in [0.29, 0.717) is 11.3 Å². The number of allylic oxidation sites excluding steroid dienone is 1. The van der Waals surface area contributed by atoms with Crippen molar-refractivity contribution in [3.63, 3.8) is 0 Å². The van der Waals surface area contributed by atoms with Gasteiger partial charge in [0.1, 0.15) is 17.6 Å². The summed E-state index contributed by atoms with van der Waals surface area (Å²) >= 11 is 0. The molecule has 31 heavy (non-hydrogen) atoms. The first-order chi connectivity index (χ1) is 15.0. The molecule has 0 unspecified atom stereocenters. The van der Waals surface area contributed by atoms with Crippen LogP contribution in [0.25, 0.3) is 0 Å². The highest BCUT2D eigenvalue weighted by molar-refractivity contribution is 6.24. The van der Waals surface area contributed by atoms with Crippen molar-refractivity contribution in [1.29, 1.82) is 0 Å². The highest BCUT2D eigenvalue weighted by Crippen LogP contribution is 2.46. The Morgan fingerprint density at radius 3 is 2.35 bits per heavy atom. The van der Waals surface area contributed by atoms with Crippen molar-refractivity contribution in [2.75, 3.05) is 12.0 Å². The smallest absolute Gasteiger partial charge is 0.240 e. The summed E-state index contributed by atoms with van der Waals surface area (Å²) in [6, 6.07) is 10.3. The van der Waals surface area contributed by atoms with Gasteiger partial charge in [0.25, 0.3) is 0 Å². The van der Waals surface area contributed by atoms with Crippen LogP contribution in [-0.2, 0) is 9.59 Å². The van der Waals surface area contributed by atoms with Gasteiger partial charge in [-0.25, -0.2) is 9.29 Å². The number of Topliss-reactive ketones (excluding diaryl/α,β-unsaturated/α-hetero) is 1. The Morgan fingerprint density at radius 2 is 1.68 bits per heavy atom. The highest BCUT2D eigenvalue weighted by atomic mass is 19.1. The molecule has 0 N–H and O–H groups in total. The van der Waals surface area contributed by atoms with E-state index in [1.807, 2.05) is 0 Å². The first-order valence-electron chi connectivity index (χ1n) is 9.82. The Kier molecular flexibility index (Phi) is 4.43. The number of imide groups is 1. The number of methoxy groups -OCH3 is 1. The minimum atomic E-state index is -0.925. The number of carbonyl (C=O) groups excluding carboxylic acids is 3. The van der Waals surface area contributed by atoms with Crippen LogP contribution < -0.4 is 9.64 Å². The number of hydrogen-bond donors (Lipinski definition) is 0. The Hall–Kier alpha value is -3.81. The Labute approximate surface area is 177 Å². The van der Waals surface area contributed by atoms with Crippen molar-refractivity contribution in [2.24, 2.45) is 16.9 Å². The van der Waals surface area contributed by atoms with Crippen LogP contribution in [0.2, 0.25) is 0 Å². The quantitative estimate of drug-likeness (QED) is 0.562. The van der Waals surface area contributed by atoms with E-state index in [9.17, 15) is 18.8 Å². The number of fused-ring (bicyclic) bond motifs is 3. The van der Waals surface area contributed by atoms with Crippen LogP contribution in [0.15, 0.2) is 65.8 Å². The Bertz CT molecular complexity index is 1130. The third-order valence-corrected chi connectivity index (χ3v) is 6.02. The molecule has 3 aliphatic rings. The van der Waals surface area contributed by atoms with Crippen LogP contribution in [0, 0.1) is 17.7 Å². The summed E-state index contributed by atoms with van der Waals surface area (Å²) in [5, 5.41) is 5.87. The van der Waals surface area contributed by atoms with Gasteiger partial charge < -0.3 is 4.74 Å². The summed E-state index contributed by atoms with van der Waals surface area (Å²) in [5.74, 6) is -2.70. The molecular formula is C23H18FN3O4. The molecule has 3 heterocycles. The molecule has 2 aromatic rings. The van der Waals surface area contributed by atoms with Gasteiger partial charge in [-0.2, -0.15) is 5.10 Å². The molecule has 0 aromatic heterocycles. The average Bonchev–Trinajstić information content (AvgIpc) is 3.27. The van der Waals surface area contributed by atoms with Crippen molar-refractivity contribution in [3.05, 3.63) is 72.1 Å². The van der Waals surface area contributed by atoms with Crippen LogP contribution in [0.4, 0.5) is 10.1 Å². The molecule has 0 radical (unpaired) electrons. The third kappa shape index (κ3) is 2.86. The van der Waals surface area contributed by atoms with Gasteiger partial charge in [0, 0.05) is 11.8 Å². The number of amides is 2. The Morgan fingerprint density at radius 1 is 1.00 bits per heavy atom. The van der Waals surface area contributed by atoms with E-state index in [1.54, 1.807) is 47.6 Å². The fraction of sp³-hybridized carbons (Fsp3) is 0.217. The van der Waals surface area contributed by atoms with Gasteiger partial charge in [-0.1, -0.05) is 6.08 Å². The molecule has 0 spiro atoms. The minimum Gasteiger partial charge on any atom is -0.497 e. The van der Waals surface area contributed by atoms with Crippen LogP contribution in [-0.4, -0.2) is 48.0 Å². The second-order valence-corrected chi connectivity index (χ2v) is 7.60. The molecule has 3 aliphatic heterocycles. The molecule has 0 aliphatic carbocycles. The summed E-state index contributed by atoms with van der Waals surface area (Å²) in [7, 11) is 1.53. The first kappa shape index (κ1) is 19.2. The largest absolute Gasteiger partial charge is 0.497 e. The lowest BCUT2D eigenvalue weighted by atomic mass is 9.86. The number of nitrogens with zero attached hydrogens (tertiary/aromatic N) is 3. The molecule has 4 atom stereocenters. The van der Waals surface area contributed by atoms with Gasteiger partial charge in [-0.3, -0.25) is 19.4 Å². The molecule has 2 fully saturated rings. The van der Waals surface area contributed by atoms with Gasteiger partial charge >= 0.3 is 0 Å². The number of anilines is 1. The maximum absolute atomic E-state index is 13.5. The fourth-order valence-electron chi connectivity index (χ4n) is 4.61. The number of benzene rings is 2. The number of halogens is 1. The second-order valence-electron chi connectivity index (χ2n) is 7.60. The first-order valence-corrected chi connectivity index (χ1v) is 9.82. The minimum absolute atomic E-state index is 0.288. The summed E-state index contributed by atoms with van der Waals surface area (Å²) in [4.78, 5) is 41.2. The van der Waals surface area contributed by atoms with Crippen LogP contribution >= 0.6 is 0 Å². The number of hydrazone groups is 1. The molecule has 0 bridgehead atoms. The average molecular weight is 419 g/mol. The Balaban J connectivity index is 1.55. The van der Waals surface area contributed by atoms with Crippen molar-refractivity contribution >= 4 is 29.5 Å². The van der Waals surface area contributed by atoms with Crippen molar-refractivity contribution in [3.8, 4) is 5.75 Å². The van der Waals surface area contributed by atoms with Crippen molar-refractivity contribution in [2.45, 2.75) is 12.1 Å². The van der Waals surface area contributed by atoms with Crippen LogP contribution in [0.3, 0.4) is 0 Å². The molecule has 2 aromatic carbocycles. The number of carbonyl (C=O) groups is 3. The topological polar surface area (TPSA) is 79.3 Å². The zero-order valence-electron chi connectivity index (χ0n) is 16.5. The van der Waals surface area contributed by atoms with E-state index in [1.165, 1.54) is 31.4 Å². The standard InChI is InChI=1S/C23H18FN3O4/c1-31-16-10-4-13(5-11-16)21(28)20-19-18(17-3-2-12-25-27(17)20)22(29)26(23(19)30)15-8-6-14(24)7-9-15/h2-12,17-20H,1H3/t17-,18-,19-,20+/m0/s1. The maximum Gasteiger partial charge on any atom is 0.240 e. The lowest BCUT2D eigenvalue weighted by Crippen LogP contribution is -2.46. The predicted molar refractivity (Wildman–Crippen MR) is 110 cm³/mol. The zero-order chi connectivity index (χ0) is 21.7. The van der Waals surface area contributed by atoms with E-state index in [-0.39, 0.29) is 11.5 Å². The van der Waals surface area contributed by atoms with Gasteiger partial charge in [0.05, 0.1) is 30.7 Å². The summed E-state index contributed by atoms with van der Waals surface area (Å²) < 4.78 is 18.5. The van der Waals surface area contributed by atoms with E-state index >= 15 is 0 Å². The van der Waals surface area contributed by atoms with E-state index in [0.717, 1.165) is 4.90 Å². The number of hydrogen-bond acceptors (Lipinski definition) is 6. The van der Waals surface area contributed by atoms with Crippen molar-refractivity contribution < 1.29 is 23.5 Å². The molecule has 7 nitrogen and oxygen atoms in total. The normalized spacial score (nSPS) is 26.3. The molecule has 0 saturated carbocycles. The summed E-state index contributed by atoms with van der Waals surface area (Å²) in [6.45, 7) is 0. The molecular weight excluding hydrogens is 401 g/mol. The molecule has 5 rings (SSSR count).